The van der Waals surface area contributed by atoms with Crippen molar-refractivity contribution in [3.63, 3.8) is 0 Å². The van der Waals surface area contributed by atoms with E-state index in [2.05, 4.69) is 45.3 Å². The summed E-state index contributed by atoms with van der Waals surface area (Å²) < 4.78 is 0. The number of nitrogens with zero attached hydrogens (tertiary/aromatic N) is 1. The molecule has 0 saturated heterocycles. The summed E-state index contributed by atoms with van der Waals surface area (Å²) >= 11 is 0. The first-order chi connectivity index (χ1) is 11.0. The van der Waals surface area contributed by atoms with Crippen molar-refractivity contribution in [1.82, 2.24) is 10.6 Å². The van der Waals surface area contributed by atoms with Gasteiger partial charge < -0.3 is 10.6 Å². The molecule has 0 bridgehead atoms. The highest BCUT2D eigenvalue weighted by molar-refractivity contribution is 5.97. The minimum Gasteiger partial charge on any atom is -0.385 e. The molecule has 0 aromatic heterocycles. The van der Waals surface area contributed by atoms with Crippen molar-refractivity contribution in [2.24, 2.45) is 5.41 Å². The van der Waals surface area contributed by atoms with Crippen LogP contribution in [0.25, 0.3) is 0 Å². The Morgan fingerprint density at radius 1 is 1.21 bits per heavy atom. The maximum Gasteiger partial charge on any atom is 0.263 e. The van der Waals surface area contributed by atoms with Crippen LogP contribution in [0.4, 0.5) is 0 Å². The Morgan fingerprint density at radius 3 is 2.29 bits per heavy atom. The summed E-state index contributed by atoms with van der Waals surface area (Å²) in [6.07, 6.45) is 2.44. The van der Waals surface area contributed by atoms with Gasteiger partial charge in [0.15, 0.2) is 0 Å². The summed E-state index contributed by atoms with van der Waals surface area (Å²) in [7, 11) is 0. The van der Waals surface area contributed by atoms with Gasteiger partial charge in [0.1, 0.15) is 11.6 Å². The summed E-state index contributed by atoms with van der Waals surface area (Å²) in [4.78, 5) is 12.3. The smallest absolute Gasteiger partial charge is 0.263 e. The van der Waals surface area contributed by atoms with Gasteiger partial charge in [-0.25, -0.2) is 0 Å². The molecule has 1 aromatic rings. The van der Waals surface area contributed by atoms with Crippen LogP contribution >= 0.6 is 0 Å². The van der Waals surface area contributed by atoms with Crippen LogP contribution in [0.15, 0.2) is 42.1 Å². The standard InChI is InChI=1S/C20H29N3O/c1-15(16-10-8-7-9-11-16)23-18(24)17(12-21)13-22-20(5,6)14-19(2,3)4/h7-11,13,15,22H,14H2,1-6H3,(H,23,24)/b17-13-. The molecule has 0 aliphatic carbocycles. The van der Waals surface area contributed by atoms with Crippen molar-refractivity contribution < 1.29 is 4.79 Å². The second-order valence-corrected chi connectivity index (χ2v) is 8.04. The third-order valence-corrected chi connectivity index (χ3v) is 3.59. The Labute approximate surface area is 146 Å². The van der Waals surface area contributed by atoms with Crippen LogP contribution in [0.5, 0.6) is 0 Å². The van der Waals surface area contributed by atoms with Gasteiger partial charge in [-0.1, -0.05) is 51.1 Å². The van der Waals surface area contributed by atoms with Gasteiger partial charge in [0.2, 0.25) is 0 Å². The maximum absolute atomic E-state index is 12.3. The molecule has 1 aromatic carbocycles. The number of amides is 1. The summed E-state index contributed by atoms with van der Waals surface area (Å²) in [5.74, 6) is -0.368. The molecule has 1 atom stereocenters. The topological polar surface area (TPSA) is 64.9 Å². The zero-order valence-corrected chi connectivity index (χ0v) is 15.6. The van der Waals surface area contributed by atoms with Gasteiger partial charge in [-0.05, 0) is 38.2 Å². The minimum atomic E-state index is -0.368. The minimum absolute atomic E-state index is 0.0831. The van der Waals surface area contributed by atoms with Gasteiger partial charge in [0, 0.05) is 11.7 Å². The van der Waals surface area contributed by atoms with Crippen molar-refractivity contribution in [2.45, 2.75) is 59.5 Å². The molecular weight excluding hydrogens is 298 g/mol. The number of benzene rings is 1. The molecule has 0 spiro atoms. The molecule has 0 aliphatic heterocycles. The van der Waals surface area contributed by atoms with Crippen molar-refractivity contribution in [3.05, 3.63) is 47.7 Å². The molecule has 1 rings (SSSR count). The fraction of sp³-hybridized carbons (Fsp3) is 0.500. The van der Waals surface area contributed by atoms with Crippen molar-refractivity contribution in [1.29, 1.82) is 5.26 Å². The number of hydrogen-bond donors (Lipinski definition) is 2. The highest BCUT2D eigenvalue weighted by Gasteiger charge is 2.24. The highest BCUT2D eigenvalue weighted by Crippen LogP contribution is 2.26. The summed E-state index contributed by atoms with van der Waals surface area (Å²) in [5, 5.41) is 15.4. The fourth-order valence-electron chi connectivity index (χ4n) is 2.89. The number of nitriles is 1. The van der Waals surface area contributed by atoms with Crippen LogP contribution in [-0.2, 0) is 4.79 Å². The van der Waals surface area contributed by atoms with E-state index in [0.717, 1.165) is 12.0 Å². The molecule has 4 nitrogen and oxygen atoms in total. The van der Waals surface area contributed by atoms with Gasteiger partial charge in [0.05, 0.1) is 6.04 Å². The second-order valence-electron chi connectivity index (χ2n) is 8.04. The normalized spacial score (nSPS) is 13.8. The average Bonchev–Trinajstić information content (AvgIpc) is 2.46. The lowest BCUT2D eigenvalue weighted by molar-refractivity contribution is -0.117. The molecule has 0 aliphatic rings. The SMILES string of the molecule is CC(NC(=O)/C(C#N)=C\NC(C)(C)CC(C)(C)C)c1ccccc1. The molecule has 130 valence electrons. The predicted octanol–water partition coefficient (Wildman–Crippen LogP) is 4.08. The Morgan fingerprint density at radius 2 is 1.79 bits per heavy atom. The third kappa shape index (κ3) is 6.87. The molecule has 2 N–H and O–H groups in total. The van der Waals surface area contributed by atoms with E-state index in [1.165, 1.54) is 6.20 Å². The number of hydrogen-bond acceptors (Lipinski definition) is 3. The molecule has 4 heteroatoms. The summed E-state index contributed by atoms with van der Waals surface area (Å²) in [6.45, 7) is 12.5. The van der Waals surface area contributed by atoms with Crippen LogP contribution in [-0.4, -0.2) is 11.4 Å². The molecule has 0 fully saturated rings. The quantitative estimate of drug-likeness (QED) is 0.611. The largest absolute Gasteiger partial charge is 0.385 e. The monoisotopic (exact) mass is 327 g/mol. The number of rotatable bonds is 6. The van der Waals surface area contributed by atoms with E-state index in [-0.39, 0.29) is 28.5 Å². The second kappa shape index (κ2) is 8.01. The Kier molecular flexibility index (Phi) is 6.60. The molecule has 1 amide bonds. The van der Waals surface area contributed by atoms with Crippen LogP contribution in [0.3, 0.4) is 0 Å². The lowest BCUT2D eigenvalue weighted by Crippen LogP contribution is -2.40. The van der Waals surface area contributed by atoms with Gasteiger partial charge in [-0.2, -0.15) is 5.26 Å². The van der Waals surface area contributed by atoms with Gasteiger partial charge in [-0.3, -0.25) is 4.79 Å². The number of nitrogens with one attached hydrogen (secondary N) is 2. The Balaban J connectivity index is 2.75. The fourth-order valence-corrected chi connectivity index (χ4v) is 2.89. The lowest BCUT2D eigenvalue weighted by Gasteiger charge is -2.33. The van der Waals surface area contributed by atoms with Crippen LogP contribution < -0.4 is 10.6 Å². The van der Waals surface area contributed by atoms with Crippen LogP contribution in [0, 0.1) is 16.7 Å². The molecule has 0 saturated carbocycles. The van der Waals surface area contributed by atoms with E-state index in [1.54, 1.807) is 0 Å². The molecule has 0 radical (unpaired) electrons. The van der Waals surface area contributed by atoms with Gasteiger partial charge >= 0.3 is 0 Å². The number of carbonyl (C=O) groups excluding carboxylic acids is 1. The van der Waals surface area contributed by atoms with E-state index in [0.29, 0.717) is 0 Å². The molecule has 24 heavy (non-hydrogen) atoms. The predicted molar refractivity (Wildman–Crippen MR) is 98.0 cm³/mol. The van der Waals surface area contributed by atoms with E-state index < -0.39 is 0 Å². The van der Waals surface area contributed by atoms with Crippen molar-refractivity contribution in [2.75, 3.05) is 0 Å². The van der Waals surface area contributed by atoms with E-state index >= 15 is 0 Å². The molecular formula is C20H29N3O. The zero-order valence-electron chi connectivity index (χ0n) is 15.6. The van der Waals surface area contributed by atoms with E-state index in [1.807, 2.05) is 43.3 Å². The first-order valence-corrected chi connectivity index (χ1v) is 8.28. The third-order valence-electron chi connectivity index (χ3n) is 3.59. The molecule has 0 heterocycles. The first-order valence-electron chi connectivity index (χ1n) is 8.28. The molecule has 1 unspecified atom stereocenters. The zero-order chi connectivity index (χ0) is 18.4. The first kappa shape index (κ1) is 19.8. The van der Waals surface area contributed by atoms with Crippen molar-refractivity contribution >= 4 is 5.91 Å². The van der Waals surface area contributed by atoms with E-state index in [4.69, 9.17) is 0 Å². The lowest BCUT2D eigenvalue weighted by atomic mass is 9.82. The Hall–Kier alpha value is -2.28. The summed E-state index contributed by atoms with van der Waals surface area (Å²) in [5.41, 5.74) is 1.04. The van der Waals surface area contributed by atoms with Crippen LogP contribution in [0.2, 0.25) is 0 Å². The van der Waals surface area contributed by atoms with Gasteiger partial charge in [-0.15, -0.1) is 0 Å². The highest BCUT2D eigenvalue weighted by atomic mass is 16.1. The summed E-state index contributed by atoms with van der Waals surface area (Å²) in [6, 6.07) is 11.5. The van der Waals surface area contributed by atoms with Crippen molar-refractivity contribution in [3.8, 4) is 6.07 Å². The maximum atomic E-state index is 12.3. The average molecular weight is 327 g/mol. The van der Waals surface area contributed by atoms with E-state index in [9.17, 15) is 10.1 Å². The van der Waals surface area contributed by atoms with Crippen LogP contribution in [0.1, 0.15) is 59.6 Å². The Bertz CT molecular complexity index is 619. The number of carbonyl (C=O) groups is 1. The van der Waals surface area contributed by atoms with Gasteiger partial charge in [0.25, 0.3) is 5.91 Å².